The minimum atomic E-state index is 0.603. The van der Waals surface area contributed by atoms with Crippen LogP contribution in [0.1, 0.15) is 0 Å². The number of rotatable bonds is 5. The van der Waals surface area contributed by atoms with Crippen molar-refractivity contribution in [2.24, 2.45) is 0 Å². The van der Waals surface area contributed by atoms with E-state index in [1.165, 1.54) is 0 Å². The molecule has 0 unspecified atom stereocenters. The molecule has 0 fully saturated rings. The van der Waals surface area contributed by atoms with Gasteiger partial charge in [0.15, 0.2) is 17.5 Å². The maximum Gasteiger partial charge on any atom is 0.164 e. The first-order valence-electron chi connectivity index (χ1n) is 14.4. The van der Waals surface area contributed by atoms with E-state index in [4.69, 9.17) is 19.4 Å². The SMILES string of the molecule is Brc1ccc2oc3ccc(-c4nc(-c5cccc(-c6ccccc6)c5)nc(-c5cccc(-c6ccccc6)c5)n4)cc3c2c1. The van der Waals surface area contributed by atoms with Crippen LogP contribution in [0.15, 0.2) is 154 Å². The summed E-state index contributed by atoms with van der Waals surface area (Å²) in [6, 6.07) is 49.6. The van der Waals surface area contributed by atoms with E-state index in [2.05, 4.69) is 125 Å². The third-order valence-electron chi connectivity index (χ3n) is 7.78. The fourth-order valence-corrected chi connectivity index (χ4v) is 5.95. The summed E-state index contributed by atoms with van der Waals surface area (Å²) in [6.45, 7) is 0. The van der Waals surface area contributed by atoms with Crippen LogP contribution in [0.25, 0.3) is 78.4 Å². The van der Waals surface area contributed by atoms with Crippen molar-refractivity contribution in [1.82, 2.24) is 15.0 Å². The molecule has 208 valence electrons. The lowest BCUT2D eigenvalue weighted by Crippen LogP contribution is -2.00. The normalized spacial score (nSPS) is 11.3. The van der Waals surface area contributed by atoms with Gasteiger partial charge in [0.2, 0.25) is 0 Å². The van der Waals surface area contributed by atoms with Crippen molar-refractivity contribution >= 4 is 37.9 Å². The third-order valence-corrected chi connectivity index (χ3v) is 8.27. The zero-order valence-electron chi connectivity index (χ0n) is 23.5. The maximum absolute atomic E-state index is 6.12. The molecular weight excluding hydrogens is 606 g/mol. The Kier molecular flexibility index (Phi) is 6.58. The van der Waals surface area contributed by atoms with E-state index >= 15 is 0 Å². The van der Waals surface area contributed by atoms with Gasteiger partial charge in [-0.2, -0.15) is 0 Å². The second kappa shape index (κ2) is 11.0. The predicted molar refractivity (Wildman–Crippen MR) is 182 cm³/mol. The molecule has 0 aliphatic rings. The molecule has 0 spiro atoms. The zero-order valence-corrected chi connectivity index (χ0v) is 25.1. The Morgan fingerprint density at radius 1 is 0.364 bits per heavy atom. The van der Waals surface area contributed by atoms with Gasteiger partial charge in [-0.15, -0.1) is 0 Å². The lowest BCUT2D eigenvalue weighted by Gasteiger charge is -2.11. The average Bonchev–Trinajstić information content (AvgIpc) is 3.46. The van der Waals surface area contributed by atoms with Gasteiger partial charge in [0, 0.05) is 31.9 Å². The van der Waals surface area contributed by atoms with Crippen LogP contribution in [0.2, 0.25) is 0 Å². The Morgan fingerprint density at radius 3 is 1.34 bits per heavy atom. The summed E-state index contributed by atoms with van der Waals surface area (Å²) < 4.78 is 7.12. The van der Waals surface area contributed by atoms with Gasteiger partial charge in [-0.25, -0.2) is 15.0 Å². The van der Waals surface area contributed by atoms with E-state index in [1.807, 2.05) is 36.4 Å². The van der Waals surface area contributed by atoms with Crippen LogP contribution < -0.4 is 0 Å². The standard InChI is InChI=1S/C39H24BrN3O/c40-32-18-20-36-34(24-32)33-23-31(17-19-35(33)44-36)39-42-37(29-15-7-13-27(21-29)25-9-3-1-4-10-25)41-38(43-39)30-16-8-14-28(22-30)26-11-5-2-6-12-26/h1-24H. The summed E-state index contributed by atoms with van der Waals surface area (Å²) in [7, 11) is 0. The molecule has 0 bridgehead atoms. The average molecular weight is 631 g/mol. The van der Waals surface area contributed by atoms with Crippen molar-refractivity contribution in [3.05, 3.63) is 150 Å². The number of furan rings is 1. The van der Waals surface area contributed by atoms with E-state index in [-0.39, 0.29) is 0 Å². The number of fused-ring (bicyclic) bond motifs is 3. The molecule has 8 rings (SSSR count). The van der Waals surface area contributed by atoms with Crippen molar-refractivity contribution in [3.8, 4) is 56.4 Å². The molecule has 5 heteroatoms. The lowest BCUT2D eigenvalue weighted by atomic mass is 10.0. The molecule has 2 heterocycles. The fourth-order valence-electron chi connectivity index (χ4n) is 5.59. The topological polar surface area (TPSA) is 51.8 Å². The summed E-state index contributed by atoms with van der Waals surface area (Å²) in [5.74, 6) is 1.84. The Labute approximate surface area is 262 Å². The van der Waals surface area contributed by atoms with Gasteiger partial charge in [-0.05, 0) is 70.8 Å². The first-order chi connectivity index (χ1) is 21.7. The highest BCUT2D eigenvalue weighted by Gasteiger charge is 2.16. The van der Waals surface area contributed by atoms with Gasteiger partial charge in [0.25, 0.3) is 0 Å². The first-order valence-corrected chi connectivity index (χ1v) is 15.2. The number of hydrogen-bond donors (Lipinski definition) is 0. The van der Waals surface area contributed by atoms with Crippen molar-refractivity contribution in [1.29, 1.82) is 0 Å². The highest BCUT2D eigenvalue weighted by Crippen LogP contribution is 2.35. The third kappa shape index (κ3) is 4.97. The predicted octanol–water partition coefficient (Wildman–Crippen LogP) is 10.9. The van der Waals surface area contributed by atoms with E-state index in [1.54, 1.807) is 0 Å². The van der Waals surface area contributed by atoms with E-state index in [9.17, 15) is 0 Å². The number of benzene rings is 6. The molecule has 0 atom stereocenters. The zero-order chi connectivity index (χ0) is 29.5. The Hall–Kier alpha value is -5.39. The van der Waals surface area contributed by atoms with E-state index in [0.29, 0.717) is 17.5 Å². The minimum Gasteiger partial charge on any atom is -0.456 e. The molecule has 2 aromatic heterocycles. The van der Waals surface area contributed by atoms with Crippen LogP contribution in [0.3, 0.4) is 0 Å². The molecule has 0 aliphatic heterocycles. The van der Waals surface area contributed by atoms with Crippen LogP contribution in [-0.4, -0.2) is 15.0 Å². The molecule has 8 aromatic rings. The molecule has 0 amide bonds. The Balaban J connectivity index is 1.31. The Morgan fingerprint density at radius 2 is 0.795 bits per heavy atom. The number of hydrogen-bond acceptors (Lipinski definition) is 4. The molecule has 0 saturated carbocycles. The largest absolute Gasteiger partial charge is 0.456 e. The minimum absolute atomic E-state index is 0.603. The second-order valence-corrected chi connectivity index (χ2v) is 11.6. The summed E-state index contributed by atoms with van der Waals surface area (Å²) in [5.41, 5.74) is 8.90. The summed E-state index contributed by atoms with van der Waals surface area (Å²) >= 11 is 3.61. The van der Waals surface area contributed by atoms with Crippen LogP contribution in [0.5, 0.6) is 0 Å². The summed E-state index contributed by atoms with van der Waals surface area (Å²) in [6.07, 6.45) is 0. The number of aromatic nitrogens is 3. The highest BCUT2D eigenvalue weighted by atomic mass is 79.9. The van der Waals surface area contributed by atoms with Gasteiger partial charge in [-0.1, -0.05) is 113 Å². The molecule has 4 nitrogen and oxygen atoms in total. The van der Waals surface area contributed by atoms with Gasteiger partial charge < -0.3 is 4.42 Å². The molecule has 44 heavy (non-hydrogen) atoms. The van der Waals surface area contributed by atoms with Crippen molar-refractivity contribution in [2.75, 3.05) is 0 Å². The molecule has 0 saturated heterocycles. The van der Waals surface area contributed by atoms with Crippen molar-refractivity contribution in [2.45, 2.75) is 0 Å². The smallest absolute Gasteiger partial charge is 0.164 e. The number of nitrogens with zero attached hydrogens (tertiary/aromatic N) is 3. The lowest BCUT2D eigenvalue weighted by molar-refractivity contribution is 0.669. The van der Waals surface area contributed by atoms with Crippen molar-refractivity contribution in [3.63, 3.8) is 0 Å². The van der Waals surface area contributed by atoms with Gasteiger partial charge >= 0.3 is 0 Å². The highest BCUT2D eigenvalue weighted by molar-refractivity contribution is 9.10. The molecule has 6 aromatic carbocycles. The van der Waals surface area contributed by atoms with Crippen LogP contribution in [-0.2, 0) is 0 Å². The van der Waals surface area contributed by atoms with Gasteiger partial charge in [0.05, 0.1) is 0 Å². The molecular formula is C39H24BrN3O. The quantitative estimate of drug-likeness (QED) is 0.190. The molecule has 0 radical (unpaired) electrons. The van der Waals surface area contributed by atoms with Gasteiger partial charge in [0.1, 0.15) is 11.2 Å². The summed E-state index contributed by atoms with van der Waals surface area (Å²) in [5, 5.41) is 2.05. The maximum atomic E-state index is 6.12. The second-order valence-electron chi connectivity index (χ2n) is 10.7. The van der Waals surface area contributed by atoms with Crippen molar-refractivity contribution < 1.29 is 4.42 Å². The Bertz CT molecular complexity index is 2190. The van der Waals surface area contributed by atoms with E-state index in [0.717, 1.165) is 65.4 Å². The molecule has 0 N–H and O–H groups in total. The summed E-state index contributed by atoms with van der Waals surface area (Å²) in [4.78, 5) is 15.1. The number of halogens is 1. The van der Waals surface area contributed by atoms with Crippen LogP contribution in [0.4, 0.5) is 0 Å². The molecule has 0 aliphatic carbocycles. The van der Waals surface area contributed by atoms with Gasteiger partial charge in [-0.3, -0.25) is 0 Å². The van der Waals surface area contributed by atoms with Crippen LogP contribution in [0, 0.1) is 0 Å². The fraction of sp³-hybridized carbons (Fsp3) is 0. The first kappa shape index (κ1) is 26.3. The van der Waals surface area contributed by atoms with Crippen LogP contribution >= 0.6 is 15.9 Å². The van der Waals surface area contributed by atoms with E-state index < -0.39 is 0 Å². The monoisotopic (exact) mass is 629 g/mol.